The van der Waals surface area contributed by atoms with Crippen LogP contribution in [0, 0.1) is 11.3 Å². The van der Waals surface area contributed by atoms with Crippen LogP contribution in [0.1, 0.15) is 11.1 Å². The first-order valence-electron chi connectivity index (χ1n) is 6.53. The van der Waals surface area contributed by atoms with Gasteiger partial charge in [-0.15, -0.1) is 0 Å². The second kappa shape index (κ2) is 5.48. The number of nitriles is 1. The van der Waals surface area contributed by atoms with Gasteiger partial charge >= 0.3 is 0 Å². The van der Waals surface area contributed by atoms with E-state index < -0.39 is 0 Å². The van der Waals surface area contributed by atoms with Crippen molar-refractivity contribution >= 4 is 22.7 Å². The molecular weight excluding hydrogens is 260 g/mol. The third-order valence-corrected chi connectivity index (χ3v) is 3.29. The molecule has 3 heteroatoms. The van der Waals surface area contributed by atoms with Gasteiger partial charge in [0.15, 0.2) is 0 Å². The highest BCUT2D eigenvalue weighted by atomic mass is 16.3. The molecule has 0 fully saturated rings. The van der Waals surface area contributed by atoms with Gasteiger partial charge in [0.2, 0.25) is 0 Å². The minimum absolute atomic E-state index is 0.200. The maximum Gasteiger partial charge on any atom is 0.124 e. The highest BCUT2D eigenvalue weighted by Crippen LogP contribution is 2.26. The number of hydrogen-bond acceptors (Lipinski definition) is 3. The first-order valence-corrected chi connectivity index (χ1v) is 6.53. The number of rotatable bonds is 2. The van der Waals surface area contributed by atoms with E-state index in [0.29, 0.717) is 11.1 Å². The van der Waals surface area contributed by atoms with E-state index >= 15 is 0 Å². The predicted octanol–water partition coefficient (Wildman–Crippen LogP) is 4.17. The van der Waals surface area contributed by atoms with Crippen LogP contribution in [0.2, 0.25) is 0 Å². The molecule has 0 aliphatic carbocycles. The topological polar surface area (TPSA) is 56.4 Å². The molecule has 3 rings (SSSR count). The minimum Gasteiger partial charge on any atom is -0.507 e. The summed E-state index contributed by atoms with van der Waals surface area (Å²) >= 11 is 0. The highest BCUT2D eigenvalue weighted by molar-refractivity contribution is 6.02. The Labute approximate surface area is 122 Å². The van der Waals surface area contributed by atoms with Crippen molar-refractivity contribution in [2.45, 2.75) is 0 Å². The van der Waals surface area contributed by atoms with Crippen molar-refractivity contribution in [3.63, 3.8) is 0 Å². The lowest BCUT2D eigenvalue weighted by Gasteiger charge is -2.04. The molecule has 0 radical (unpaired) electrons. The lowest BCUT2D eigenvalue weighted by molar-refractivity contribution is 0.475. The summed E-state index contributed by atoms with van der Waals surface area (Å²) in [4.78, 5) is 4.37. The lowest BCUT2D eigenvalue weighted by Crippen LogP contribution is -1.85. The Kier molecular flexibility index (Phi) is 3.36. The van der Waals surface area contributed by atoms with E-state index in [1.807, 2.05) is 30.3 Å². The van der Waals surface area contributed by atoms with E-state index in [1.54, 1.807) is 36.5 Å². The molecule has 0 atom stereocenters. The molecule has 3 aromatic carbocycles. The first-order chi connectivity index (χ1) is 10.3. The van der Waals surface area contributed by atoms with Gasteiger partial charge < -0.3 is 5.11 Å². The molecule has 0 saturated carbocycles. The van der Waals surface area contributed by atoms with Crippen LogP contribution in [0.25, 0.3) is 10.8 Å². The molecule has 0 heterocycles. The number of phenolic OH excluding ortho intramolecular Hbond substituents is 1. The number of nitrogens with zero attached hydrogens (tertiary/aromatic N) is 2. The summed E-state index contributed by atoms with van der Waals surface area (Å²) in [6.07, 6.45) is 1.65. The predicted molar refractivity (Wildman–Crippen MR) is 84.0 cm³/mol. The van der Waals surface area contributed by atoms with Crippen LogP contribution in [0.3, 0.4) is 0 Å². The van der Waals surface area contributed by atoms with E-state index in [4.69, 9.17) is 5.26 Å². The van der Waals surface area contributed by atoms with Gasteiger partial charge in [-0.05, 0) is 41.1 Å². The number of fused-ring (bicyclic) bond motifs is 1. The second-order valence-electron chi connectivity index (χ2n) is 4.64. The maximum atomic E-state index is 10.0. The van der Waals surface area contributed by atoms with Crippen molar-refractivity contribution in [1.29, 1.82) is 5.26 Å². The van der Waals surface area contributed by atoms with Crippen LogP contribution in [-0.4, -0.2) is 11.3 Å². The van der Waals surface area contributed by atoms with Crippen LogP contribution in [0.5, 0.6) is 5.75 Å². The Morgan fingerprint density at radius 3 is 2.48 bits per heavy atom. The average molecular weight is 272 g/mol. The average Bonchev–Trinajstić information content (AvgIpc) is 2.54. The number of benzene rings is 3. The zero-order valence-electron chi connectivity index (χ0n) is 11.2. The van der Waals surface area contributed by atoms with Gasteiger partial charge in [-0.3, -0.25) is 4.99 Å². The van der Waals surface area contributed by atoms with E-state index in [2.05, 4.69) is 11.1 Å². The molecule has 0 saturated heterocycles. The standard InChI is InChI=1S/C18H12N2O/c19-11-13-5-8-15(9-6-13)20-12-17-16-4-2-1-3-14(16)7-10-18(17)21/h1-10,12,21H. The molecule has 3 nitrogen and oxygen atoms in total. The number of aromatic hydroxyl groups is 1. The van der Waals surface area contributed by atoms with Gasteiger partial charge in [0.05, 0.1) is 17.3 Å². The summed E-state index contributed by atoms with van der Waals surface area (Å²) in [6.45, 7) is 0. The summed E-state index contributed by atoms with van der Waals surface area (Å²) in [5.74, 6) is 0.200. The van der Waals surface area contributed by atoms with Gasteiger partial charge in [-0.25, -0.2) is 0 Å². The van der Waals surface area contributed by atoms with Crippen molar-refractivity contribution < 1.29 is 5.11 Å². The molecule has 100 valence electrons. The Hall–Kier alpha value is -3.12. The molecule has 0 aromatic heterocycles. The summed E-state index contributed by atoms with van der Waals surface area (Å²) in [7, 11) is 0. The molecule has 0 spiro atoms. The molecule has 0 aliphatic heterocycles. The molecular formula is C18H12N2O. The van der Waals surface area contributed by atoms with E-state index in [1.165, 1.54) is 0 Å². The first kappa shape index (κ1) is 12.9. The fourth-order valence-electron chi connectivity index (χ4n) is 2.18. The van der Waals surface area contributed by atoms with Crippen LogP contribution in [0.15, 0.2) is 65.7 Å². The Balaban J connectivity index is 2.02. The summed E-state index contributed by atoms with van der Waals surface area (Å²) in [5.41, 5.74) is 2.03. The molecule has 0 unspecified atom stereocenters. The van der Waals surface area contributed by atoms with Crippen LogP contribution in [0.4, 0.5) is 5.69 Å². The van der Waals surface area contributed by atoms with E-state index in [9.17, 15) is 5.11 Å². The SMILES string of the molecule is N#Cc1ccc(N=Cc2c(O)ccc3ccccc23)cc1. The van der Waals surface area contributed by atoms with Crippen LogP contribution in [-0.2, 0) is 0 Å². The number of phenols is 1. The fraction of sp³-hybridized carbons (Fsp3) is 0. The number of hydrogen-bond donors (Lipinski definition) is 1. The lowest BCUT2D eigenvalue weighted by atomic mass is 10.0. The van der Waals surface area contributed by atoms with Crippen LogP contribution >= 0.6 is 0 Å². The molecule has 3 aromatic rings. The van der Waals surface area contributed by atoms with Crippen molar-refractivity contribution in [3.8, 4) is 11.8 Å². The Bertz CT molecular complexity index is 859. The Morgan fingerprint density at radius 2 is 1.71 bits per heavy atom. The monoisotopic (exact) mass is 272 g/mol. The second-order valence-corrected chi connectivity index (χ2v) is 4.64. The Morgan fingerprint density at radius 1 is 0.952 bits per heavy atom. The third-order valence-electron chi connectivity index (χ3n) is 3.29. The van der Waals surface area contributed by atoms with Crippen molar-refractivity contribution in [3.05, 3.63) is 71.8 Å². The smallest absolute Gasteiger partial charge is 0.124 e. The van der Waals surface area contributed by atoms with Crippen molar-refractivity contribution in [2.24, 2.45) is 4.99 Å². The quantitative estimate of drug-likeness (QED) is 0.712. The number of aliphatic imine (C=N–C) groups is 1. The fourth-order valence-corrected chi connectivity index (χ4v) is 2.18. The zero-order chi connectivity index (χ0) is 14.7. The van der Waals surface area contributed by atoms with Gasteiger partial charge in [0.1, 0.15) is 5.75 Å². The molecule has 0 aliphatic rings. The molecule has 0 bridgehead atoms. The minimum atomic E-state index is 0.200. The van der Waals surface area contributed by atoms with Gasteiger partial charge in [0, 0.05) is 11.8 Å². The van der Waals surface area contributed by atoms with Gasteiger partial charge in [-0.2, -0.15) is 5.26 Å². The largest absolute Gasteiger partial charge is 0.507 e. The normalized spacial score (nSPS) is 10.8. The molecule has 21 heavy (non-hydrogen) atoms. The van der Waals surface area contributed by atoms with Gasteiger partial charge in [-0.1, -0.05) is 30.3 Å². The third kappa shape index (κ3) is 2.60. The zero-order valence-corrected chi connectivity index (χ0v) is 11.2. The molecule has 1 N–H and O–H groups in total. The van der Waals surface area contributed by atoms with E-state index in [0.717, 1.165) is 16.5 Å². The highest BCUT2D eigenvalue weighted by Gasteiger charge is 2.04. The summed E-state index contributed by atoms with van der Waals surface area (Å²) in [6, 6.07) is 20.4. The van der Waals surface area contributed by atoms with Crippen molar-refractivity contribution in [1.82, 2.24) is 0 Å². The maximum absolute atomic E-state index is 10.0. The summed E-state index contributed by atoms with van der Waals surface area (Å²) in [5, 5.41) is 20.8. The van der Waals surface area contributed by atoms with E-state index in [-0.39, 0.29) is 5.75 Å². The summed E-state index contributed by atoms with van der Waals surface area (Å²) < 4.78 is 0. The van der Waals surface area contributed by atoms with Gasteiger partial charge in [0.25, 0.3) is 0 Å². The molecule has 0 amide bonds. The van der Waals surface area contributed by atoms with Crippen molar-refractivity contribution in [2.75, 3.05) is 0 Å². The van der Waals surface area contributed by atoms with Crippen LogP contribution < -0.4 is 0 Å².